The molecule has 1 N–H and O–H groups in total. The molecule has 0 aromatic heterocycles. The Bertz CT molecular complexity index is 624. The van der Waals surface area contributed by atoms with Crippen molar-refractivity contribution in [1.82, 2.24) is 5.32 Å². The van der Waals surface area contributed by atoms with Gasteiger partial charge in [-0.2, -0.15) is 0 Å². The maximum absolute atomic E-state index is 12.7. The Morgan fingerprint density at radius 3 is 2.46 bits per heavy atom. The summed E-state index contributed by atoms with van der Waals surface area (Å²) in [6, 6.07) is 8.93. The van der Waals surface area contributed by atoms with E-state index in [0.717, 1.165) is 31.2 Å². The molecule has 0 spiro atoms. The Hall–Kier alpha value is -1.40. The summed E-state index contributed by atoms with van der Waals surface area (Å²) in [6.07, 6.45) is 3.58. The van der Waals surface area contributed by atoms with Crippen LogP contribution in [0.15, 0.2) is 30.3 Å². The van der Waals surface area contributed by atoms with Crippen molar-refractivity contribution in [2.75, 3.05) is 11.5 Å². The maximum atomic E-state index is 12.7. The van der Waals surface area contributed by atoms with Gasteiger partial charge >= 0.3 is 0 Å². The fourth-order valence-electron chi connectivity index (χ4n) is 3.00. The van der Waals surface area contributed by atoms with Crippen LogP contribution in [0.25, 0.3) is 0 Å². The lowest BCUT2D eigenvalue weighted by Crippen LogP contribution is -2.41. The first-order valence-corrected chi connectivity index (χ1v) is 10.4. The molecule has 2 unspecified atom stereocenters. The molecule has 5 nitrogen and oxygen atoms in total. The van der Waals surface area contributed by atoms with E-state index >= 15 is 0 Å². The Kier molecular flexibility index (Phi) is 6.80. The van der Waals surface area contributed by atoms with Crippen LogP contribution < -0.4 is 5.32 Å². The Morgan fingerprint density at radius 2 is 1.88 bits per heavy atom. The minimum Gasteiger partial charge on any atom is -0.360 e. The van der Waals surface area contributed by atoms with Gasteiger partial charge in [0.15, 0.2) is 15.9 Å². The number of hydrogen-bond donors (Lipinski definition) is 1. The third-order valence-electron chi connectivity index (χ3n) is 4.30. The van der Waals surface area contributed by atoms with Gasteiger partial charge in [-0.15, -0.1) is 0 Å². The molecule has 1 aromatic carbocycles. The van der Waals surface area contributed by atoms with Crippen LogP contribution in [-0.2, 0) is 19.4 Å². The quantitative estimate of drug-likeness (QED) is 0.780. The molecule has 1 aromatic rings. The highest BCUT2D eigenvalue weighted by atomic mass is 32.2. The van der Waals surface area contributed by atoms with Crippen LogP contribution in [0, 0.1) is 0 Å². The first-order chi connectivity index (χ1) is 11.4. The number of carbonyl (C=O) groups excluding carboxylic acids is 1. The molecule has 1 amide bonds. The second-order valence-electron chi connectivity index (χ2n) is 6.44. The Balaban J connectivity index is 2.06. The SMILES string of the molecule is CCS(=O)(=O)CC(C)NC(=O)C(OC1CCCC1)c1ccccc1. The van der Waals surface area contributed by atoms with Crippen LogP contribution in [0.1, 0.15) is 51.2 Å². The van der Waals surface area contributed by atoms with Crippen LogP contribution in [0.4, 0.5) is 0 Å². The molecule has 0 bridgehead atoms. The second-order valence-corrected chi connectivity index (χ2v) is 8.84. The zero-order valence-electron chi connectivity index (χ0n) is 14.4. The number of hydrogen-bond acceptors (Lipinski definition) is 4. The summed E-state index contributed by atoms with van der Waals surface area (Å²) in [7, 11) is -3.13. The molecular formula is C18H27NO4S. The average molecular weight is 353 g/mol. The van der Waals surface area contributed by atoms with Gasteiger partial charge in [-0.25, -0.2) is 8.42 Å². The van der Waals surface area contributed by atoms with Crippen LogP contribution in [0.5, 0.6) is 0 Å². The fraction of sp³-hybridized carbons (Fsp3) is 0.611. The van der Waals surface area contributed by atoms with Gasteiger partial charge in [0.1, 0.15) is 0 Å². The highest BCUT2D eigenvalue weighted by Crippen LogP contribution is 2.28. The summed E-state index contributed by atoms with van der Waals surface area (Å²) in [6.45, 7) is 3.32. The topological polar surface area (TPSA) is 72.5 Å². The van der Waals surface area contributed by atoms with Crippen LogP contribution in [0.2, 0.25) is 0 Å². The molecule has 0 radical (unpaired) electrons. The molecule has 6 heteroatoms. The summed E-state index contributed by atoms with van der Waals surface area (Å²) in [4.78, 5) is 12.7. The minimum absolute atomic E-state index is 0.0554. The van der Waals surface area contributed by atoms with Crippen molar-refractivity contribution in [2.24, 2.45) is 0 Å². The van der Waals surface area contributed by atoms with Crippen molar-refractivity contribution in [1.29, 1.82) is 0 Å². The number of benzene rings is 1. The molecule has 1 aliphatic carbocycles. The Labute approximate surface area is 144 Å². The van der Waals surface area contributed by atoms with Crippen molar-refractivity contribution in [3.8, 4) is 0 Å². The van der Waals surface area contributed by atoms with Gasteiger partial charge in [-0.3, -0.25) is 4.79 Å². The van der Waals surface area contributed by atoms with Crippen molar-refractivity contribution in [3.63, 3.8) is 0 Å². The van der Waals surface area contributed by atoms with E-state index in [-0.39, 0.29) is 23.5 Å². The van der Waals surface area contributed by atoms with Crippen LogP contribution in [-0.4, -0.2) is 38.0 Å². The summed E-state index contributed by atoms with van der Waals surface area (Å²) in [5.41, 5.74) is 0.799. The van der Waals surface area contributed by atoms with Gasteiger partial charge in [0, 0.05) is 11.8 Å². The van der Waals surface area contributed by atoms with Gasteiger partial charge in [0.05, 0.1) is 11.9 Å². The lowest BCUT2D eigenvalue weighted by atomic mass is 10.1. The number of sulfone groups is 1. The number of rotatable bonds is 8. The minimum atomic E-state index is -3.13. The predicted octanol–water partition coefficient (Wildman–Crippen LogP) is 2.63. The predicted molar refractivity (Wildman–Crippen MR) is 94.5 cm³/mol. The maximum Gasteiger partial charge on any atom is 0.254 e. The summed E-state index contributed by atoms with van der Waals surface area (Å²) < 4.78 is 29.5. The van der Waals surface area contributed by atoms with Gasteiger partial charge in [-0.05, 0) is 25.3 Å². The van der Waals surface area contributed by atoms with E-state index in [9.17, 15) is 13.2 Å². The van der Waals surface area contributed by atoms with Crippen molar-refractivity contribution < 1.29 is 17.9 Å². The number of amides is 1. The third kappa shape index (κ3) is 5.60. The van der Waals surface area contributed by atoms with E-state index in [2.05, 4.69) is 5.32 Å². The second kappa shape index (κ2) is 8.62. The standard InChI is InChI=1S/C18H27NO4S/c1-3-24(21,22)13-14(2)19-18(20)17(15-9-5-4-6-10-15)23-16-11-7-8-12-16/h4-6,9-10,14,16-17H,3,7-8,11-13H2,1-2H3,(H,19,20). The number of nitrogens with one attached hydrogen (secondary N) is 1. The van der Waals surface area contributed by atoms with Crippen LogP contribution in [0.3, 0.4) is 0 Å². The van der Waals surface area contributed by atoms with E-state index in [1.54, 1.807) is 13.8 Å². The molecule has 0 saturated heterocycles. The van der Waals surface area contributed by atoms with Gasteiger partial charge in [0.2, 0.25) is 0 Å². The molecule has 2 rings (SSSR count). The van der Waals surface area contributed by atoms with Gasteiger partial charge in [0.25, 0.3) is 5.91 Å². The highest BCUT2D eigenvalue weighted by molar-refractivity contribution is 7.91. The summed E-state index contributed by atoms with van der Waals surface area (Å²) >= 11 is 0. The van der Waals surface area contributed by atoms with Crippen molar-refractivity contribution in [2.45, 2.75) is 57.8 Å². The third-order valence-corrected chi connectivity index (χ3v) is 6.19. The highest BCUT2D eigenvalue weighted by Gasteiger charge is 2.28. The summed E-state index contributed by atoms with van der Waals surface area (Å²) in [5.74, 6) is -0.249. The number of carbonyl (C=O) groups is 1. The molecule has 0 aliphatic heterocycles. The molecule has 2 atom stereocenters. The zero-order valence-corrected chi connectivity index (χ0v) is 15.2. The zero-order chi connectivity index (χ0) is 17.6. The van der Waals surface area contributed by atoms with E-state index < -0.39 is 22.0 Å². The van der Waals surface area contributed by atoms with Crippen molar-refractivity contribution in [3.05, 3.63) is 35.9 Å². The van der Waals surface area contributed by atoms with E-state index in [0.29, 0.717) is 0 Å². The van der Waals surface area contributed by atoms with E-state index in [1.807, 2.05) is 30.3 Å². The smallest absolute Gasteiger partial charge is 0.254 e. The molecule has 1 fully saturated rings. The number of ether oxygens (including phenoxy) is 1. The lowest BCUT2D eigenvalue weighted by Gasteiger charge is -2.24. The van der Waals surface area contributed by atoms with Gasteiger partial charge in [-0.1, -0.05) is 50.1 Å². The van der Waals surface area contributed by atoms with E-state index in [1.165, 1.54) is 0 Å². The molecule has 24 heavy (non-hydrogen) atoms. The fourth-order valence-corrected chi connectivity index (χ4v) is 4.08. The monoisotopic (exact) mass is 353 g/mol. The molecular weight excluding hydrogens is 326 g/mol. The van der Waals surface area contributed by atoms with Gasteiger partial charge < -0.3 is 10.1 Å². The summed E-state index contributed by atoms with van der Waals surface area (Å²) in [5, 5.41) is 2.80. The first-order valence-electron chi connectivity index (χ1n) is 8.62. The average Bonchev–Trinajstić information content (AvgIpc) is 3.06. The molecule has 1 aliphatic rings. The van der Waals surface area contributed by atoms with Crippen molar-refractivity contribution >= 4 is 15.7 Å². The lowest BCUT2D eigenvalue weighted by molar-refractivity contribution is -0.137. The molecule has 134 valence electrons. The largest absolute Gasteiger partial charge is 0.360 e. The molecule has 1 saturated carbocycles. The van der Waals surface area contributed by atoms with Crippen LogP contribution >= 0.6 is 0 Å². The Morgan fingerprint density at radius 1 is 1.25 bits per heavy atom. The normalized spacial score (nSPS) is 18.2. The first kappa shape index (κ1) is 18.9. The molecule has 0 heterocycles. The van der Waals surface area contributed by atoms with E-state index in [4.69, 9.17) is 4.74 Å².